The Morgan fingerprint density at radius 2 is 1.66 bits per heavy atom. The Balaban J connectivity index is 1.98. The third kappa shape index (κ3) is 5.90. The lowest BCUT2D eigenvalue weighted by Gasteiger charge is -2.11. The molecule has 8 nitrogen and oxygen atoms in total. The number of ether oxygens (including phenoxy) is 4. The predicted molar refractivity (Wildman–Crippen MR) is 108 cm³/mol. The normalized spacial score (nSPS) is 10.3. The Hall–Kier alpha value is -3.68. The SMILES string of the molecule is CCOc1ccc(C(=O)NNC(=O)/C=C/c2ccc(OC)cc2OC)cc1OC. The maximum Gasteiger partial charge on any atom is 0.269 e. The molecule has 0 spiro atoms. The fourth-order valence-electron chi connectivity index (χ4n) is 2.44. The highest BCUT2D eigenvalue weighted by Gasteiger charge is 2.11. The molecule has 0 radical (unpaired) electrons. The van der Waals surface area contributed by atoms with E-state index in [1.807, 2.05) is 6.92 Å². The third-order valence-electron chi connectivity index (χ3n) is 3.88. The lowest BCUT2D eigenvalue weighted by Crippen LogP contribution is -2.40. The van der Waals surface area contributed by atoms with Crippen molar-refractivity contribution >= 4 is 17.9 Å². The van der Waals surface area contributed by atoms with E-state index in [-0.39, 0.29) is 0 Å². The average Bonchev–Trinajstić information content (AvgIpc) is 2.76. The van der Waals surface area contributed by atoms with E-state index in [0.29, 0.717) is 40.7 Å². The molecule has 0 aromatic heterocycles. The van der Waals surface area contributed by atoms with Gasteiger partial charge in [-0.15, -0.1) is 0 Å². The molecule has 2 N–H and O–H groups in total. The zero-order chi connectivity index (χ0) is 21.2. The van der Waals surface area contributed by atoms with Gasteiger partial charge in [0, 0.05) is 23.3 Å². The number of hydrazine groups is 1. The molecule has 0 atom stereocenters. The summed E-state index contributed by atoms with van der Waals surface area (Å²) < 4.78 is 21.0. The number of hydrogen-bond acceptors (Lipinski definition) is 6. The van der Waals surface area contributed by atoms with Crippen molar-refractivity contribution in [1.29, 1.82) is 0 Å². The van der Waals surface area contributed by atoms with Gasteiger partial charge in [-0.05, 0) is 43.3 Å². The molecule has 8 heteroatoms. The molecule has 0 aliphatic heterocycles. The van der Waals surface area contributed by atoms with Gasteiger partial charge in [-0.1, -0.05) is 0 Å². The number of carbonyl (C=O) groups excluding carboxylic acids is 2. The Bertz CT molecular complexity index is 895. The van der Waals surface area contributed by atoms with Crippen LogP contribution >= 0.6 is 0 Å². The van der Waals surface area contributed by atoms with E-state index in [0.717, 1.165) is 0 Å². The number of rotatable bonds is 8. The van der Waals surface area contributed by atoms with Crippen LogP contribution in [-0.4, -0.2) is 39.8 Å². The predicted octanol–water partition coefficient (Wildman–Crippen LogP) is 2.59. The van der Waals surface area contributed by atoms with E-state index < -0.39 is 11.8 Å². The van der Waals surface area contributed by atoms with Crippen LogP contribution in [0.5, 0.6) is 23.0 Å². The van der Waals surface area contributed by atoms with Crippen molar-refractivity contribution in [2.75, 3.05) is 27.9 Å². The Morgan fingerprint density at radius 3 is 2.31 bits per heavy atom. The van der Waals surface area contributed by atoms with Crippen molar-refractivity contribution in [1.82, 2.24) is 10.9 Å². The van der Waals surface area contributed by atoms with Crippen LogP contribution in [-0.2, 0) is 4.79 Å². The fraction of sp³-hybridized carbons (Fsp3) is 0.238. The van der Waals surface area contributed by atoms with Crippen LogP contribution in [0.1, 0.15) is 22.8 Å². The summed E-state index contributed by atoms with van der Waals surface area (Å²) in [6.45, 7) is 2.33. The summed E-state index contributed by atoms with van der Waals surface area (Å²) >= 11 is 0. The first-order chi connectivity index (χ1) is 14.0. The van der Waals surface area contributed by atoms with Crippen molar-refractivity contribution in [3.8, 4) is 23.0 Å². The molecule has 0 aliphatic carbocycles. The highest BCUT2D eigenvalue weighted by molar-refractivity contribution is 5.98. The number of benzene rings is 2. The molecule has 2 aromatic carbocycles. The highest BCUT2D eigenvalue weighted by Crippen LogP contribution is 2.28. The van der Waals surface area contributed by atoms with Crippen molar-refractivity contribution in [3.63, 3.8) is 0 Å². The van der Waals surface area contributed by atoms with E-state index in [1.54, 1.807) is 43.5 Å². The smallest absolute Gasteiger partial charge is 0.269 e. The van der Waals surface area contributed by atoms with Gasteiger partial charge in [0.15, 0.2) is 11.5 Å². The second-order valence-electron chi connectivity index (χ2n) is 5.68. The minimum atomic E-state index is -0.505. The Kier molecular flexibility index (Phi) is 7.90. The zero-order valence-corrected chi connectivity index (χ0v) is 16.8. The van der Waals surface area contributed by atoms with Crippen LogP contribution in [0.25, 0.3) is 6.08 Å². The van der Waals surface area contributed by atoms with E-state index in [2.05, 4.69) is 10.9 Å². The lowest BCUT2D eigenvalue weighted by atomic mass is 10.1. The fourth-order valence-corrected chi connectivity index (χ4v) is 2.44. The van der Waals surface area contributed by atoms with Crippen LogP contribution in [0.2, 0.25) is 0 Å². The summed E-state index contributed by atoms with van der Waals surface area (Å²) in [4.78, 5) is 24.3. The summed E-state index contributed by atoms with van der Waals surface area (Å²) in [6, 6.07) is 9.96. The minimum absolute atomic E-state index is 0.311. The first-order valence-corrected chi connectivity index (χ1v) is 8.83. The van der Waals surface area contributed by atoms with Gasteiger partial charge < -0.3 is 18.9 Å². The van der Waals surface area contributed by atoms with Gasteiger partial charge in [-0.3, -0.25) is 20.4 Å². The molecule has 154 valence electrons. The van der Waals surface area contributed by atoms with Crippen LogP contribution in [0.15, 0.2) is 42.5 Å². The Morgan fingerprint density at radius 1 is 0.897 bits per heavy atom. The van der Waals surface area contributed by atoms with Gasteiger partial charge in [-0.25, -0.2) is 0 Å². The molecule has 0 heterocycles. The number of methoxy groups -OCH3 is 3. The summed E-state index contributed by atoms with van der Waals surface area (Å²) in [5, 5.41) is 0. The summed E-state index contributed by atoms with van der Waals surface area (Å²) in [5.41, 5.74) is 5.67. The van der Waals surface area contributed by atoms with Crippen LogP contribution in [0, 0.1) is 0 Å². The van der Waals surface area contributed by atoms with E-state index in [4.69, 9.17) is 18.9 Å². The monoisotopic (exact) mass is 400 g/mol. The zero-order valence-electron chi connectivity index (χ0n) is 16.8. The lowest BCUT2D eigenvalue weighted by molar-refractivity contribution is -0.117. The van der Waals surface area contributed by atoms with Crippen LogP contribution < -0.4 is 29.8 Å². The van der Waals surface area contributed by atoms with Crippen molar-refractivity contribution in [3.05, 3.63) is 53.6 Å². The maximum atomic E-state index is 12.3. The molecule has 0 unspecified atom stereocenters. The maximum absolute atomic E-state index is 12.3. The molecule has 0 fully saturated rings. The molecule has 2 aromatic rings. The highest BCUT2D eigenvalue weighted by atomic mass is 16.5. The number of nitrogens with one attached hydrogen (secondary N) is 2. The summed E-state index contributed by atoms with van der Waals surface area (Å²) in [5.74, 6) is 1.16. The molecular weight excluding hydrogens is 376 g/mol. The van der Waals surface area contributed by atoms with E-state index in [9.17, 15) is 9.59 Å². The Labute approximate surface area is 169 Å². The van der Waals surface area contributed by atoms with Crippen molar-refractivity contribution in [2.45, 2.75) is 6.92 Å². The van der Waals surface area contributed by atoms with E-state index in [1.165, 1.54) is 26.4 Å². The number of amides is 2. The molecule has 0 aliphatic rings. The van der Waals surface area contributed by atoms with Gasteiger partial charge in [0.2, 0.25) is 0 Å². The minimum Gasteiger partial charge on any atom is -0.497 e. The van der Waals surface area contributed by atoms with Gasteiger partial charge in [0.05, 0.1) is 27.9 Å². The average molecular weight is 400 g/mol. The first kappa shape index (κ1) is 21.6. The van der Waals surface area contributed by atoms with Crippen LogP contribution in [0.4, 0.5) is 0 Å². The van der Waals surface area contributed by atoms with Gasteiger partial charge in [0.25, 0.3) is 11.8 Å². The molecule has 2 amide bonds. The summed E-state index contributed by atoms with van der Waals surface area (Å²) in [7, 11) is 4.57. The second-order valence-corrected chi connectivity index (χ2v) is 5.68. The second kappa shape index (κ2) is 10.6. The van der Waals surface area contributed by atoms with Gasteiger partial charge in [-0.2, -0.15) is 0 Å². The molecule has 29 heavy (non-hydrogen) atoms. The topological polar surface area (TPSA) is 95.1 Å². The number of hydrogen-bond donors (Lipinski definition) is 2. The van der Waals surface area contributed by atoms with Crippen LogP contribution in [0.3, 0.4) is 0 Å². The first-order valence-electron chi connectivity index (χ1n) is 8.83. The quantitative estimate of drug-likeness (QED) is 0.522. The van der Waals surface area contributed by atoms with Crippen molar-refractivity contribution in [2.24, 2.45) is 0 Å². The third-order valence-corrected chi connectivity index (χ3v) is 3.88. The molecule has 0 saturated heterocycles. The summed E-state index contributed by atoms with van der Waals surface area (Å²) in [6.07, 6.45) is 2.85. The molecule has 0 saturated carbocycles. The largest absolute Gasteiger partial charge is 0.497 e. The standard InChI is InChI=1S/C21H24N2O6/c1-5-29-17-10-7-15(12-19(17)28-4)21(25)23-22-20(24)11-8-14-6-9-16(26-2)13-18(14)27-3/h6-13H,5H2,1-4H3,(H,22,24)(H,23,25)/b11-8+. The molecule has 0 bridgehead atoms. The van der Waals surface area contributed by atoms with Crippen molar-refractivity contribution < 1.29 is 28.5 Å². The number of carbonyl (C=O) groups is 2. The van der Waals surface area contributed by atoms with Gasteiger partial charge in [0.1, 0.15) is 11.5 Å². The van der Waals surface area contributed by atoms with E-state index >= 15 is 0 Å². The van der Waals surface area contributed by atoms with Gasteiger partial charge >= 0.3 is 0 Å². The molecular formula is C21H24N2O6. The molecule has 2 rings (SSSR count).